The van der Waals surface area contributed by atoms with Crippen LogP contribution in [0.25, 0.3) is 0 Å². The Kier molecular flexibility index (Phi) is 4.26. The van der Waals surface area contributed by atoms with E-state index in [0.717, 1.165) is 12.2 Å². The van der Waals surface area contributed by atoms with Crippen molar-refractivity contribution in [3.8, 4) is 5.75 Å². The van der Waals surface area contributed by atoms with Gasteiger partial charge >= 0.3 is 0 Å². The second-order valence-electron chi connectivity index (χ2n) is 4.80. The van der Waals surface area contributed by atoms with Gasteiger partial charge in [-0.1, -0.05) is 31.4 Å². The molecule has 94 valence electrons. The van der Waals surface area contributed by atoms with Gasteiger partial charge in [0.15, 0.2) is 0 Å². The highest BCUT2D eigenvalue weighted by Gasteiger charge is 2.14. The van der Waals surface area contributed by atoms with Gasteiger partial charge in [-0.05, 0) is 24.8 Å². The van der Waals surface area contributed by atoms with E-state index in [0.29, 0.717) is 17.4 Å². The Morgan fingerprint density at radius 2 is 2.00 bits per heavy atom. The Balaban J connectivity index is 1.93. The number of hydrogen-bond acceptors (Lipinski definition) is 3. The minimum absolute atomic E-state index is 0.0353. The van der Waals surface area contributed by atoms with Gasteiger partial charge in [-0.3, -0.25) is 0 Å². The van der Waals surface area contributed by atoms with Crippen LogP contribution in [0.15, 0.2) is 18.2 Å². The van der Waals surface area contributed by atoms with Crippen LogP contribution in [0.2, 0.25) is 0 Å². The number of nitrogen functional groups attached to an aromatic ring is 1. The molecule has 2 rings (SSSR count). The molecule has 0 bridgehead atoms. The van der Waals surface area contributed by atoms with Crippen LogP contribution < -0.4 is 10.5 Å². The molecule has 1 saturated carbocycles. The van der Waals surface area contributed by atoms with Gasteiger partial charge in [0.1, 0.15) is 5.75 Å². The van der Waals surface area contributed by atoms with Gasteiger partial charge in [-0.15, -0.1) is 0 Å². The molecule has 3 heteroatoms. The van der Waals surface area contributed by atoms with Gasteiger partial charge in [-0.2, -0.15) is 0 Å². The molecule has 0 spiro atoms. The summed E-state index contributed by atoms with van der Waals surface area (Å²) in [6, 6.07) is 5.57. The van der Waals surface area contributed by atoms with Crippen molar-refractivity contribution >= 4 is 5.69 Å². The zero-order chi connectivity index (χ0) is 12.1. The normalized spacial score (nSPS) is 17.0. The summed E-state index contributed by atoms with van der Waals surface area (Å²) < 4.78 is 5.78. The van der Waals surface area contributed by atoms with E-state index in [1.165, 1.54) is 32.1 Å². The van der Waals surface area contributed by atoms with E-state index in [1.807, 2.05) is 18.2 Å². The van der Waals surface area contributed by atoms with Gasteiger partial charge < -0.3 is 15.6 Å². The monoisotopic (exact) mass is 235 g/mol. The largest absolute Gasteiger partial charge is 0.491 e. The highest BCUT2D eigenvalue weighted by atomic mass is 16.5. The summed E-state index contributed by atoms with van der Waals surface area (Å²) in [4.78, 5) is 0. The van der Waals surface area contributed by atoms with Crippen LogP contribution in [0.1, 0.15) is 37.7 Å². The molecule has 3 nitrogen and oxygen atoms in total. The Labute approximate surface area is 103 Å². The first-order valence-electron chi connectivity index (χ1n) is 6.42. The van der Waals surface area contributed by atoms with Crippen LogP contribution >= 0.6 is 0 Å². The molecule has 17 heavy (non-hydrogen) atoms. The van der Waals surface area contributed by atoms with E-state index in [9.17, 15) is 0 Å². The molecule has 1 aliphatic carbocycles. The second-order valence-corrected chi connectivity index (χ2v) is 4.80. The minimum atomic E-state index is -0.0353. The van der Waals surface area contributed by atoms with Crippen molar-refractivity contribution in [2.45, 2.75) is 38.7 Å². The lowest BCUT2D eigenvalue weighted by Gasteiger charge is -2.22. The van der Waals surface area contributed by atoms with E-state index >= 15 is 0 Å². The van der Waals surface area contributed by atoms with Crippen LogP contribution in [0.3, 0.4) is 0 Å². The smallest absolute Gasteiger partial charge is 0.142 e. The number of aliphatic hydroxyl groups excluding tert-OH is 1. The number of para-hydroxylation sites is 1. The fourth-order valence-electron chi connectivity index (χ4n) is 2.41. The van der Waals surface area contributed by atoms with Gasteiger partial charge in [0.2, 0.25) is 0 Å². The third kappa shape index (κ3) is 3.13. The molecule has 0 radical (unpaired) electrons. The summed E-state index contributed by atoms with van der Waals surface area (Å²) >= 11 is 0. The molecule has 0 atom stereocenters. The van der Waals surface area contributed by atoms with Crippen LogP contribution in [-0.2, 0) is 6.61 Å². The van der Waals surface area contributed by atoms with Crippen molar-refractivity contribution in [3.63, 3.8) is 0 Å². The van der Waals surface area contributed by atoms with Gasteiger partial charge in [0.05, 0.1) is 18.9 Å². The minimum Gasteiger partial charge on any atom is -0.491 e. The zero-order valence-electron chi connectivity index (χ0n) is 10.2. The highest BCUT2D eigenvalue weighted by molar-refractivity contribution is 5.58. The fraction of sp³-hybridized carbons (Fsp3) is 0.571. The van der Waals surface area contributed by atoms with Crippen LogP contribution in [-0.4, -0.2) is 11.7 Å². The van der Waals surface area contributed by atoms with Crippen LogP contribution in [0.4, 0.5) is 5.69 Å². The van der Waals surface area contributed by atoms with Crippen molar-refractivity contribution in [2.24, 2.45) is 5.92 Å². The van der Waals surface area contributed by atoms with E-state index in [-0.39, 0.29) is 6.61 Å². The summed E-state index contributed by atoms with van der Waals surface area (Å²) in [5.41, 5.74) is 7.24. The lowest BCUT2D eigenvalue weighted by atomic mass is 9.90. The van der Waals surface area contributed by atoms with Gasteiger partial charge in [0.25, 0.3) is 0 Å². The Bertz CT molecular complexity index is 359. The first-order valence-corrected chi connectivity index (χ1v) is 6.42. The second kappa shape index (κ2) is 5.92. The average molecular weight is 235 g/mol. The molecule has 0 unspecified atom stereocenters. The topological polar surface area (TPSA) is 55.5 Å². The molecular weight excluding hydrogens is 214 g/mol. The molecule has 0 aliphatic heterocycles. The van der Waals surface area contributed by atoms with Crippen molar-refractivity contribution < 1.29 is 9.84 Å². The SMILES string of the molecule is Nc1c(CO)cccc1OCC1CCCCC1. The Morgan fingerprint density at radius 3 is 2.71 bits per heavy atom. The number of ether oxygens (including phenoxy) is 1. The van der Waals surface area contributed by atoms with Crippen molar-refractivity contribution in [1.82, 2.24) is 0 Å². The summed E-state index contributed by atoms with van der Waals surface area (Å²) in [7, 11) is 0. The maximum atomic E-state index is 9.12. The Morgan fingerprint density at radius 1 is 1.24 bits per heavy atom. The molecule has 0 aromatic heterocycles. The quantitative estimate of drug-likeness (QED) is 0.789. The first kappa shape index (κ1) is 12.2. The third-order valence-corrected chi connectivity index (χ3v) is 3.53. The molecule has 3 N–H and O–H groups in total. The maximum absolute atomic E-state index is 9.12. The summed E-state index contributed by atoms with van der Waals surface area (Å²) in [6.07, 6.45) is 6.53. The molecule has 0 heterocycles. The molecule has 1 fully saturated rings. The summed E-state index contributed by atoms with van der Waals surface area (Å²) in [6.45, 7) is 0.714. The number of nitrogens with two attached hydrogens (primary N) is 1. The molecule has 0 amide bonds. The van der Waals surface area contributed by atoms with E-state index in [4.69, 9.17) is 15.6 Å². The van der Waals surface area contributed by atoms with Crippen molar-refractivity contribution in [2.75, 3.05) is 12.3 Å². The van der Waals surface area contributed by atoms with E-state index in [2.05, 4.69) is 0 Å². The summed E-state index contributed by atoms with van der Waals surface area (Å²) in [5, 5.41) is 9.12. The lowest BCUT2D eigenvalue weighted by molar-refractivity contribution is 0.209. The standard InChI is InChI=1S/C14H21NO2/c15-14-12(9-16)7-4-8-13(14)17-10-11-5-2-1-3-6-11/h4,7-8,11,16H,1-3,5-6,9-10,15H2. The predicted molar refractivity (Wildman–Crippen MR) is 68.8 cm³/mol. The van der Waals surface area contributed by atoms with Gasteiger partial charge in [0, 0.05) is 5.56 Å². The maximum Gasteiger partial charge on any atom is 0.142 e. The van der Waals surface area contributed by atoms with E-state index in [1.54, 1.807) is 0 Å². The summed E-state index contributed by atoms with van der Waals surface area (Å²) in [5.74, 6) is 1.38. The number of hydrogen-bond donors (Lipinski definition) is 2. The molecule has 1 aromatic rings. The first-order chi connectivity index (χ1) is 8.31. The van der Waals surface area contributed by atoms with E-state index < -0.39 is 0 Å². The average Bonchev–Trinajstić information content (AvgIpc) is 2.39. The van der Waals surface area contributed by atoms with Crippen LogP contribution in [0.5, 0.6) is 5.75 Å². The number of anilines is 1. The fourth-order valence-corrected chi connectivity index (χ4v) is 2.41. The molecule has 1 aliphatic rings. The lowest BCUT2D eigenvalue weighted by Crippen LogP contribution is -2.16. The number of aliphatic hydroxyl groups is 1. The zero-order valence-corrected chi connectivity index (χ0v) is 10.2. The Hall–Kier alpha value is -1.22. The van der Waals surface area contributed by atoms with Gasteiger partial charge in [-0.25, -0.2) is 0 Å². The molecule has 0 saturated heterocycles. The highest BCUT2D eigenvalue weighted by Crippen LogP contribution is 2.28. The molecular formula is C14H21NO2. The van der Waals surface area contributed by atoms with Crippen molar-refractivity contribution in [3.05, 3.63) is 23.8 Å². The van der Waals surface area contributed by atoms with Crippen molar-refractivity contribution in [1.29, 1.82) is 0 Å². The molecule has 1 aromatic carbocycles. The number of benzene rings is 1. The predicted octanol–water partition coefficient (Wildman–Crippen LogP) is 2.72. The number of rotatable bonds is 4. The van der Waals surface area contributed by atoms with Crippen LogP contribution in [0, 0.1) is 5.92 Å². The third-order valence-electron chi connectivity index (χ3n) is 3.53.